The van der Waals surface area contributed by atoms with E-state index in [1.807, 2.05) is 25.1 Å². The Morgan fingerprint density at radius 3 is 2.33 bits per heavy atom. The summed E-state index contributed by atoms with van der Waals surface area (Å²) in [5, 5.41) is 0.177. The summed E-state index contributed by atoms with van der Waals surface area (Å²) in [4.78, 5) is 10.9. The van der Waals surface area contributed by atoms with Gasteiger partial charge in [-0.05, 0) is 55.7 Å². The molecule has 0 spiro atoms. The van der Waals surface area contributed by atoms with Gasteiger partial charge in [-0.3, -0.25) is 4.79 Å². The minimum Gasteiger partial charge on any atom is -0.543 e. The third-order valence-electron chi connectivity index (χ3n) is 4.04. The summed E-state index contributed by atoms with van der Waals surface area (Å²) in [6, 6.07) is 5.86. The second-order valence-electron chi connectivity index (χ2n) is 7.09. The van der Waals surface area contributed by atoms with Crippen molar-refractivity contribution < 1.29 is 14.0 Å². The molecule has 0 saturated carbocycles. The number of rotatable bonds is 6. The Labute approximate surface area is 129 Å². The normalized spacial score (nSPS) is 12.1. The fourth-order valence-corrected chi connectivity index (χ4v) is 2.65. The molecular weight excluding hydrogens is 280 g/mol. The van der Waals surface area contributed by atoms with Gasteiger partial charge in [0.2, 0.25) is 8.32 Å². The smallest absolute Gasteiger partial charge is 0.250 e. The van der Waals surface area contributed by atoms with E-state index in [4.69, 9.17) is 9.16 Å². The summed E-state index contributed by atoms with van der Waals surface area (Å²) in [5.41, 5.74) is 1.07. The molecule has 0 bridgehead atoms. The van der Waals surface area contributed by atoms with Gasteiger partial charge in [0.25, 0.3) is 0 Å². The van der Waals surface area contributed by atoms with Crippen molar-refractivity contribution in [2.24, 2.45) is 0 Å². The third kappa shape index (κ3) is 5.19. The summed E-state index contributed by atoms with van der Waals surface area (Å²) in [6.07, 6.45) is 0.446. The van der Waals surface area contributed by atoms with Crippen LogP contribution in [0.4, 0.5) is 0 Å². The molecule has 1 aromatic carbocycles. The monoisotopic (exact) mass is 308 g/mol. The largest absolute Gasteiger partial charge is 0.543 e. The highest BCUT2D eigenvalue weighted by Gasteiger charge is 2.39. The Bertz CT molecular complexity index is 501. The van der Waals surface area contributed by atoms with Gasteiger partial charge in [0.05, 0.1) is 6.61 Å². The second-order valence-corrected chi connectivity index (χ2v) is 11.8. The predicted molar refractivity (Wildman–Crippen MR) is 89.8 cm³/mol. The molecule has 0 amide bonds. The highest BCUT2D eigenvalue weighted by atomic mass is 28.4. The number of carbonyl (C=O) groups is 1. The molecule has 0 radical (unpaired) electrons. The average molecular weight is 308 g/mol. The number of Topliss-reactive ketones (excluding diaryl/α,β-unsaturated/α-hetero) is 1. The van der Waals surface area contributed by atoms with E-state index in [1.165, 1.54) is 0 Å². The highest BCUT2D eigenvalue weighted by Crippen LogP contribution is 2.38. The molecule has 0 saturated heterocycles. The molecule has 1 aromatic rings. The lowest BCUT2D eigenvalue weighted by atomic mass is 10.2. The lowest BCUT2D eigenvalue weighted by Gasteiger charge is -2.37. The van der Waals surface area contributed by atoms with Crippen LogP contribution in [0.3, 0.4) is 0 Å². The SMILES string of the molecule is CC(=O)CCOc1ccc(O[Si](C)(C)C(C)(C)C)c(C)c1. The molecule has 118 valence electrons. The summed E-state index contributed by atoms with van der Waals surface area (Å²) in [7, 11) is -1.82. The fourth-order valence-electron chi connectivity index (χ4n) is 1.57. The summed E-state index contributed by atoms with van der Waals surface area (Å²) in [5.74, 6) is 1.86. The van der Waals surface area contributed by atoms with Gasteiger partial charge in [0, 0.05) is 6.42 Å². The van der Waals surface area contributed by atoms with E-state index in [0.717, 1.165) is 17.1 Å². The van der Waals surface area contributed by atoms with E-state index in [9.17, 15) is 4.79 Å². The van der Waals surface area contributed by atoms with Gasteiger partial charge in [-0.1, -0.05) is 20.8 Å². The van der Waals surface area contributed by atoms with Crippen molar-refractivity contribution in [3.05, 3.63) is 23.8 Å². The molecule has 0 aliphatic carbocycles. The Morgan fingerprint density at radius 1 is 1.24 bits per heavy atom. The van der Waals surface area contributed by atoms with Crippen molar-refractivity contribution in [2.45, 2.75) is 59.2 Å². The zero-order valence-electron chi connectivity index (χ0n) is 14.4. The van der Waals surface area contributed by atoms with E-state index in [1.54, 1.807) is 6.92 Å². The topological polar surface area (TPSA) is 35.5 Å². The van der Waals surface area contributed by atoms with Gasteiger partial charge in [-0.2, -0.15) is 0 Å². The van der Waals surface area contributed by atoms with E-state index < -0.39 is 8.32 Å². The minimum absolute atomic E-state index is 0.143. The van der Waals surface area contributed by atoms with Crippen molar-refractivity contribution in [3.63, 3.8) is 0 Å². The van der Waals surface area contributed by atoms with Gasteiger partial charge in [0.1, 0.15) is 17.3 Å². The second kappa shape index (κ2) is 6.65. The van der Waals surface area contributed by atoms with Crippen LogP contribution in [0.25, 0.3) is 0 Å². The molecule has 4 heteroatoms. The van der Waals surface area contributed by atoms with Crippen molar-refractivity contribution in [2.75, 3.05) is 6.61 Å². The first kappa shape index (κ1) is 17.8. The van der Waals surface area contributed by atoms with Crippen LogP contribution in [-0.4, -0.2) is 20.7 Å². The molecule has 0 unspecified atom stereocenters. The Balaban J connectivity index is 2.77. The molecule has 0 fully saturated rings. The molecule has 0 atom stereocenters. The fraction of sp³-hybridized carbons (Fsp3) is 0.588. The van der Waals surface area contributed by atoms with Crippen LogP contribution in [0.1, 0.15) is 39.7 Å². The van der Waals surface area contributed by atoms with Gasteiger partial charge in [-0.25, -0.2) is 0 Å². The number of aryl methyl sites for hydroxylation is 1. The highest BCUT2D eigenvalue weighted by molar-refractivity contribution is 6.74. The van der Waals surface area contributed by atoms with Gasteiger partial charge >= 0.3 is 0 Å². The Hall–Kier alpha value is -1.29. The van der Waals surface area contributed by atoms with E-state index in [2.05, 4.69) is 33.9 Å². The molecule has 3 nitrogen and oxygen atoms in total. The van der Waals surface area contributed by atoms with Crippen LogP contribution >= 0.6 is 0 Å². The molecule has 0 N–H and O–H groups in total. The number of hydrogen-bond donors (Lipinski definition) is 0. The lowest BCUT2D eigenvalue weighted by molar-refractivity contribution is -0.117. The Morgan fingerprint density at radius 2 is 1.86 bits per heavy atom. The average Bonchev–Trinajstić information content (AvgIpc) is 2.30. The number of ether oxygens (including phenoxy) is 1. The molecular formula is C17H28O3Si. The van der Waals surface area contributed by atoms with Crippen molar-refractivity contribution in [3.8, 4) is 11.5 Å². The van der Waals surface area contributed by atoms with Crippen molar-refractivity contribution in [1.82, 2.24) is 0 Å². The maximum Gasteiger partial charge on any atom is 0.250 e. The zero-order valence-corrected chi connectivity index (χ0v) is 15.4. The van der Waals surface area contributed by atoms with Crippen LogP contribution < -0.4 is 9.16 Å². The first-order chi connectivity index (χ1) is 9.53. The minimum atomic E-state index is -1.82. The first-order valence-electron chi connectivity index (χ1n) is 7.45. The molecule has 21 heavy (non-hydrogen) atoms. The maximum absolute atomic E-state index is 10.9. The molecule has 0 aliphatic rings. The molecule has 0 aromatic heterocycles. The van der Waals surface area contributed by atoms with E-state index in [-0.39, 0.29) is 10.8 Å². The maximum atomic E-state index is 10.9. The molecule has 0 heterocycles. The van der Waals surface area contributed by atoms with Gasteiger partial charge in [0.15, 0.2) is 0 Å². The van der Waals surface area contributed by atoms with E-state index >= 15 is 0 Å². The van der Waals surface area contributed by atoms with Crippen molar-refractivity contribution in [1.29, 1.82) is 0 Å². The number of hydrogen-bond acceptors (Lipinski definition) is 3. The number of ketones is 1. The van der Waals surface area contributed by atoms with Crippen LogP contribution in [0.2, 0.25) is 18.1 Å². The lowest BCUT2D eigenvalue weighted by Crippen LogP contribution is -2.44. The van der Waals surface area contributed by atoms with Crippen LogP contribution in [0, 0.1) is 6.92 Å². The number of benzene rings is 1. The van der Waals surface area contributed by atoms with Crippen molar-refractivity contribution >= 4 is 14.1 Å². The van der Waals surface area contributed by atoms with Gasteiger partial charge in [-0.15, -0.1) is 0 Å². The molecule has 0 aliphatic heterocycles. The van der Waals surface area contributed by atoms with Crippen LogP contribution in [-0.2, 0) is 4.79 Å². The first-order valence-corrected chi connectivity index (χ1v) is 10.4. The summed E-state index contributed by atoms with van der Waals surface area (Å²) in [6.45, 7) is 15.2. The van der Waals surface area contributed by atoms with E-state index in [0.29, 0.717) is 13.0 Å². The zero-order chi connectivity index (χ0) is 16.3. The standard InChI is InChI=1S/C17H28O3Si/c1-13-12-15(19-11-10-14(2)18)8-9-16(13)20-21(6,7)17(3,4)5/h8-9,12H,10-11H2,1-7H3. The predicted octanol–water partition coefficient (Wildman–Crippen LogP) is 4.74. The molecule has 1 rings (SSSR count). The number of carbonyl (C=O) groups excluding carboxylic acids is 1. The third-order valence-corrected chi connectivity index (χ3v) is 8.38. The van der Waals surface area contributed by atoms with Crippen LogP contribution in [0.5, 0.6) is 11.5 Å². The quantitative estimate of drug-likeness (QED) is 0.712. The van der Waals surface area contributed by atoms with Gasteiger partial charge < -0.3 is 9.16 Å². The summed E-state index contributed by atoms with van der Waals surface area (Å²) >= 11 is 0. The van der Waals surface area contributed by atoms with Crippen LogP contribution in [0.15, 0.2) is 18.2 Å². The Kier molecular flexibility index (Phi) is 5.62. The summed E-state index contributed by atoms with van der Waals surface area (Å²) < 4.78 is 11.9.